The summed E-state index contributed by atoms with van der Waals surface area (Å²) in [6, 6.07) is 7.82. The number of rotatable bonds is 4. The van der Waals surface area contributed by atoms with E-state index in [1.54, 1.807) is 24.4 Å². The van der Waals surface area contributed by atoms with Crippen molar-refractivity contribution in [3.8, 4) is 28.5 Å². The van der Waals surface area contributed by atoms with Crippen LogP contribution < -0.4 is 15.2 Å². The fraction of sp³-hybridized carbons (Fsp3) is 0.0625. The van der Waals surface area contributed by atoms with Crippen molar-refractivity contribution < 1.29 is 13.9 Å². The Balaban J connectivity index is 2.03. The molecular weight excluding hydrogens is 299 g/mol. The summed E-state index contributed by atoms with van der Waals surface area (Å²) in [5.74, 6) is 0.866. The van der Waals surface area contributed by atoms with E-state index in [-0.39, 0.29) is 11.8 Å². The van der Waals surface area contributed by atoms with Gasteiger partial charge in [0.25, 0.3) is 0 Å². The lowest BCUT2D eigenvalue weighted by molar-refractivity contribution is 0.412. The number of pyridine rings is 1. The minimum absolute atomic E-state index is 0.152. The standard InChI is InChI=1S/C16H13FN4O2/c1-22-14-7-10(17)4-5-12(14)13-3-2-6-19-15(13)23-11-8-20-16(18)21-9-11/h2-9H,1H3,(H2,18,20,21). The maximum absolute atomic E-state index is 13.4. The van der Waals surface area contributed by atoms with E-state index in [9.17, 15) is 4.39 Å². The highest BCUT2D eigenvalue weighted by Gasteiger charge is 2.14. The summed E-state index contributed by atoms with van der Waals surface area (Å²) in [4.78, 5) is 11.9. The molecule has 3 rings (SSSR count). The van der Waals surface area contributed by atoms with Crippen LogP contribution >= 0.6 is 0 Å². The van der Waals surface area contributed by atoms with Gasteiger partial charge in [-0.3, -0.25) is 0 Å². The second-order valence-corrected chi connectivity index (χ2v) is 4.58. The number of anilines is 1. The number of nitrogens with zero attached hydrogens (tertiary/aromatic N) is 3. The van der Waals surface area contributed by atoms with E-state index in [1.165, 1.54) is 31.6 Å². The van der Waals surface area contributed by atoms with Crippen molar-refractivity contribution in [3.63, 3.8) is 0 Å². The van der Waals surface area contributed by atoms with Crippen LogP contribution in [0.1, 0.15) is 0 Å². The van der Waals surface area contributed by atoms with Crippen LogP contribution in [0.5, 0.6) is 17.4 Å². The molecule has 2 aromatic heterocycles. The van der Waals surface area contributed by atoms with Gasteiger partial charge in [-0.1, -0.05) is 0 Å². The second kappa shape index (κ2) is 6.27. The van der Waals surface area contributed by atoms with Crippen LogP contribution in [-0.2, 0) is 0 Å². The lowest BCUT2D eigenvalue weighted by Crippen LogP contribution is -1.97. The normalized spacial score (nSPS) is 10.3. The Hall–Kier alpha value is -3.22. The van der Waals surface area contributed by atoms with Crippen molar-refractivity contribution in [1.29, 1.82) is 0 Å². The van der Waals surface area contributed by atoms with Gasteiger partial charge in [0.15, 0.2) is 5.75 Å². The smallest absolute Gasteiger partial charge is 0.227 e. The molecule has 0 fully saturated rings. The molecule has 3 aromatic rings. The third kappa shape index (κ3) is 3.18. The Morgan fingerprint density at radius 2 is 1.83 bits per heavy atom. The monoisotopic (exact) mass is 312 g/mol. The van der Waals surface area contributed by atoms with Gasteiger partial charge < -0.3 is 15.2 Å². The Bertz CT molecular complexity index is 825. The molecule has 0 radical (unpaired) electrons. The molecule has 0 unspecified atom stereocenters. The quantitative estimate of drug-likeness (QED) is 0.797. The first-order valence-electron chi connectivity index (χ1n) is 6.71. The predicted octanol–water partition coefficient (Wildman–Crippen LogP) is 3.06. The summed E-state index contributed by atoms with van der Waals surface area (Å²) in [7, 11) is 1.48. The van der Waals surface area contributed by atoms with Crippen molar-refractivity contribution in [1.82, 2.24) is 15.0 Å². The van der Waals surface area contributed by atoms with Gasteiger partial charge in [-0.25, -0.2) is 19.3 Å². The Morgan fingerprint density at radius 1 is 1.04 bits per heavy atom. The van der Waals surface area contributed by atoms with Crippen molar-refractivity contribution >= 4 is 5.95 Å². The zero-order chi connectivity index (χ0) is 16.2. The Kier molecular flexibility index (Phi) is 4.01. The Labute approximate surface area is 131 Å². The summed E-state index contributed by atoms with van der Waals surface area (Å²) in [5, 5.41) is 0. The fourth-order valence-electron chi connectivity index (χ4n) is 2.06. The molecule has 1 aromatic carbocycles. The summed E-state index contributed by atoms with van der Waals surface area (Å²) < 4.78 is 24.3. The second-order valence-electron chi connectivity index (χ2n) is 4.58. The van der Waals surface area contributed by atoms with E-state index in [0.29, 0.717) is 28.5 Å². The molecule has 0 aliphatic heterocycles. The molecule has 23 heavy (non-hydrogen) atoms. The molecule has 2 N–H and O–H groups in total. The summed E-state index contributed by atoms with van der Waals surface area (Å²) in [6.45, 7) is 0. The molecular formula is C16H13FN4O2. The number of methoxy groups -OCH3 is 1. The van der Waals surface area contributed by atoms with Crippen LogP contribution in [0.25, 0.3) is 11.1 Å². The van der Waals surface area contributed by atoms with Crippen molar-refractivity contribution in [2.45, 2.75) is 0 Å². The van der Waals surface area contributed by atoms with Gasteiger partial charge in [-0.2, -0.15) is 0 Å². The summed E-state index contributed by atoms with van der Waals surface area (Å²) in [6.07, 6.45) is 4.48. The van der Waals surface area contributed by atoms with Crippen molar-refractivity contribution in [2.75, 3.05) is 12.8 Å². The molecule has 0 bridgehead atoms. The van der Waals surface area contributed by atoms with Crippen LogP contribution in [0, 0.1) is 5.82 Å². The largest absolute Gasteiger partial charge is 0.496 e. The number of ether oxygens (including phenoxy) is 2. The third-order valence-electron chi connectivity index (χ3n) is 3.09. The van der Waals surface area contributed by atoms with Crippen molar-refractivity contribution in [3.05, 3.63) is 54.7 Å². The number of nitrogen functional groups attached to an aromatic ring is 1. The van der Waals surface area contributed by atoms with E-state index in [1.807, 2.05) is 0 Å². The molecule has 0 amide bonds. The van der Waals surface area contributed by atoms with Gasteiger partial charge in [0, 0.05) is 23.4 Å². The number of aromatic nitrogens is 3. The number of hydrogen-bond acceptors (Lipinski definition) is 6. The summed E-state index contributed by atoms with van der Waals surface area (Å²) >= 11 is 0. The molecule has 0 aliphatic carbocycles. The Morgan fingerprint density at radius 3 is 2.57 bits per heavy atom. The molecule has 2 heterocycles. The van der Waals surface area contributed by atoms with Crippen LogP contribution in [0.15, 0.2) is 48.9 Å². The zero-order valence-electron chi connectivity index (χ0n) is 12.2. The van der Waals surface area contributed by atoms with Gasteiger partial charge in [-0.15, -0.1) is 0 Å². The van der Waals surface area contributed by atoms with Crippen LogP contribution in [0.3, 0.4) is 0 Å². The first kappa shape index (κ1) is 14.7. The van der Waals surface area contributed by atoms with E-state index in [4.69, 9.17) is 15.2 Å². The van der Waals surface area contributed by atoms with Gasteiger partial charge in [-0.05, 0) is 24.3 Å². The molecule has 116 valence electrons. The molecule has 0 saturated heterocycles. The molecule has 0 atom stereocenters. The maximum atomic E-state index is 13.4. The number of hydrogen-bond donors (Lipinski definition) is 1. The molecule has 7 heteroatoms. The van der Waals surface area contributed by atoms with Crippen LogP contribution in [0.4, 0.5) is 10.3 Å². The average molecular weight is 312 g/mol. The van der Waals surface area contributed by atoms with Crippen molar-refractivity contribution in [2.24, 2.45) is 0 Å². The van der Waals surface area contributed by atoms with Gasteiger partial charge in [0.05, 0.1) is 19.5 Å². The lowest BCUT2D eigenvalue weighted by Gasteiger charge is -2.12. The first-order chi connectivity index (χ1) is 11.2. The first-order valence-corrected chi connectivity index (χ1v) is 6.71. The predicted molar refractivity (Wildman–Crippen MR) is 82.7 cm³/mol. The fourth-order valence-corrected chi connectivity index (χ4v) is 2.06. The molecule has 0 aliphatic rings. The highest BCUT2D eigenvalue weighted by atomic mass is 19.1. The number of nitrogens with two attached hydrogens (primary N) is 1. The SMILES string of the molecule is COc1cc(F)ccc1-c1cccnc1Oc1cnc(N)nc1. The topological polar surface area (TPSA) is 83.2 Å². The maximum Gasteiger partial charge on any atom is 0.227 e. The minimum Gasteiger partial charge on any atom is -0.496 e. The van der Waals surface area contributed by atoms with Gasteiger partial charge >= 0.3 is 0 Å². The summed E-state index contributed by atoms with van der Waals surface area (Å²) in [5.41, 5.74) is 6.76. The number of halogens is 1. The van der Waals surface area contributed by atoms with E-state index < -0.39 is 0 Å². The lowest BCUT2D eigenvalue weighted by atomic mass is 10.1. The van der Waals surface area contributed by atoms with Crippen LogP contribution in [0.2, 0.25) is 0 Å². The van der Waals surface area contributed by atoms with Crippen LogP contribution in [-0.4, -0.2) is 22.1 Å². The average Bonchev–Trinajstić information content (AvgIpc) is 2.57. The van der Waals surface area contributed by atoms with E-state index >= 15 is 0 Å². The third-order valence-corrected chi connectivity index (χ3v) is 3.09. The van der Waals surface area contributed by atoms with Gasteiger partial charge in [0.1, 0.15) is 11.6 Å². The van der Waals surface area contributed by atoms with E-state index in [0.717, 1.165) is 0 Å². The number of benzene rings is 1. The van der Waals surface area contributed by atoms with E-state index in [2.05, 4.69) is 15.0 Å². The zero-order valence-corrected chi connectivity index (χ0v) is 12.2. The highest BCUT2D eigenvalue weighted by molar-refractivity contribution is 5.74. The molecule has 0 saturated carbocycles. The molecule has 0 spiro atoms. The minimum atomic E-state index is -0.385. The molecule has 6 nitrogen and oxygen atoms in total. The van der Waals surface area contributed by atoms with Gasteiger partial charge in [0.2, 0.25) is 11.8 Å². The highest BCUT2D eigenvalue weighted by Crippen LogP contribution is 2.36.